The van der Waals surface area contributed by atoms with Gasteiger partial charge >= 0.3 is 0 Å². The van der Waals surface area contributed by atoms with Crippen molar-refractivity contribution in [2.24, 2.45) is 0 Å². The molecule has 0 aliphatic carbocycles. The lowest BCUT2D eigenvalue weighted by atomic mass is 10.2. The maximum atomic E-state index is 11.1. The number of nitrogens with zero attached hydrogens (tertiary/aromatic N) is 2. The van der Waals surface area contributed by atoms with Gasteiger partial charge in [-0.15, -0.1) is 0 Å². The van der Waals surface area contributed by atoms with Gasteiger partial charge in [-0.1, -0.05) is 0 Å². The van der Waals surface area contributed by atoms with Gasteiger partial charge in [0.2, 0.25) is 0 Å². The number of rotatable bonds is 25. The van der Waals surface area contributed by atoms with Crippen LogP contribution in [0.25, 0.3) is 0 Å². The molecule has 2 rings (SSSR count). The molecule has 15 nitrogen and oxygen atoms in total. The molecule has 0 amide bonds. The van der Waals surface area contributed by atoms with Crippen LogP contribution in [0.4, 0.5) is 17.1 Å². The number of ether oxygens (including phenoxy) is 8. The standard InChI is InChI=1S/C25H41N3O12/c29-27(30)22-4-5-23(24(21-22)28(31)32)26-6-8-33-9-10-34-11-12-35-13-14-36-15-16-37-17-18-38-19-20-40-25-3-1-2-7-39-25/h4-5,21,25-26H,1-3,6-20H2. The van der Waals surface area contributed by atoms with Crippen LogP contribution < -0.4 is 5.32 Å². The first-order chi connectivity index (χ1) is 19.6. The second-order valence-electron chi connectivity index (χ2n) is 8.48. The molecular formula is C25H41N3O12. The molecule has 0 spiro atoms. The zero-order valence-corrected chi connectivity index (χ0v) is 22.8. The molecule has 1 heterocycles. The van der Waals surface area contributed by atoms with E-state index in [-0.39, 0.29) is 30.0 Å². The molecule has 1 fully saturated rings. The third-order valence-corrected chi connectivity index (χ3v) is 5.48. The van der Waals surface area contributed by atoms with E-state index in [0.717, 1.165) is 31.9 Å². The first kappa shape index (κ1) is 33.7. The minimum absolute atomic E-state index is 0.0851. The fourth-order valence-corrected chi connectivity index (χ4v) is 3.47. The third kappa shape index (κ3) is 15.9. The SMILES string of the molecule is O=[N+]([O-])c1ccc(NCCOCCOCCOCCOCCOCCOCCOC2CCCCO2)c([N+](=O)[O-])c1. The van der Waals surface area contributed by atoms with E-state index in [1.165, 1.54) is 12.1 Å². The quantitative estimate of drug-likeness (QED) is 0.102. The Bertz CT molecular complexity index is 826. The summed E-state index contributed by atoms with van der Waals surface area (Å²) in [5.41, 5.74) is -0.510. The number of benzene rings is 1. The topological polar surface area (TPSA) is 172 Å². The summed E-state index contributed by atoms with van der Waals surface area (Å²) in [6.45, 7) is 6.85. The molecule has 0 bridgehead atoms. The van der Waals surface area contributed by atoms with E-state index in [1.807, 2.05) is 0 Å². The van der Waals surface area contributed by atoms with Crippen molar-refractivity contribution in [1.29, 1.82) is 0 Å². The molecular weight excluding hydrogens is 534 g/mol. The van der Waals surface area contributed by atoms with E-state index in [2.05, 4.69) is 5.32 Å². The molecule has 1 aliphatic rings. The summed E-state index contributed by atoms with van der Waals surface area (Å²) in [4.78, 5) is 20.5. The molecule has 0 radical (unpaired) electrons. The van der Waals surface area contributed by atoms with Crippen LogP contribution in [0.5, 0.6) is 0 Å². The summed E-state index contributed by atoms with van der Waals surface area (Å²) >= 11 is 0. The average molecular weight is 576 g/mol. The molecule has 0 aromatic heterocycles. The first-order valence-electron chi connectivity index (χ1n) is 13.4. The van der Waals surface area contributed by atoms with Crippen molar-refractivity contribution in [2.75, 3.05) is 104 Å². The number of nitrogens with one attached hydrogen (secondary N) is 1. The lowest BCUT2D eigenvalue weighted by molar-refractivity contribution is -0.393. The average Bonchev–Trinajstić information content (AvgIpc) is 2.96. The summed E-state index contributed by atoms with van der Waals surface area (Å²) < 4.78 is 43.7. The van der Waals surface area contributed by atoms with Gasteiger partial charge in [-0.2, -0.15) is 0 Å². The van der Waals surface area contributed by atoms with Crippen molar-refractivity contribution in [3.8, 4) is 0 Å². The molecule has 1 N–H and O–H groups in total. The molecule has 228 valence electrons. The minimum atomic E-state index is -0.679. The van der Waals surface area contributed by atoms with Crippen molar-refractivity contribution < 1.29 is 47.7 Å². The molecule has 1 saturated heterocycles. The van der Waals surface area contributed by atoms with Crippen molar-refractivity contribution >= 4 is 17.1 Å². The lowest BCUT2D eigenvalue weighted by Crippen LogP contribution is -2.24. The van der Waals surface area contributed by atoms with Crippen LogP contribution in [0.1, 0.15) is 19.3 Å². The van der Waals surface area contributed by atoms with Crippen LogP contribution in [0.2, 0.25) is 0 Å². The highest BCUT2D eigenvalue weighted by Crippen LogP contribution is 2.28. The number of nitro groups is 2. The van der Waals surface area contributed by atoms with Gasteiger partial charge < -0.3 is 43.2 Å². The Morgan fingerprint density at radius 1 is 0.725 bits per heavy atom. The van der Waals surface area contributed by atoms with Gasteiger partial charge in [-0.3, -0.25) is 20.2 Å². The second-order valence-corrected chi connectivity index (χ2v) is 8.48. The fourth-order valence-electron chi connectivity index (χ4n) is 3.47. The van der Waals surface area contributed by atoms with Crippen LogP contribution in [-0.2, 0) is 37.9 Å². The van der Waals surface area contributed by atoms with E-state index in [4.69, 9.17) is 37.9 Å². The van der Waals surface area contributed by atoms with Gasteiger partial charge in [0.05, 0.1) is 102 Å². The monoisotopic (exact) mass is 575 g/mol. The Morgan fingerprint density at radius 2 is 1.25 bits per heavy atom. The first-order valence-corrected chi connectivity index (χ1v) is 13.4. The summed E-state index contributed by atoms with van der Waals surface area (Å²) in [5, 5.41) is 24.7. The molecule has 1 aliphatic heterocycles. The van der Waals surface area contributed by atoms with E-state index >= 15 is 0 Å². The molecule has 15 heteroatoms. The van der Waals surface area contributed by atoms with Gasteiger partial charge in [0.1, 0.15) is 5.69 Å². The van der Waals surface area contributed by atoms with Crippen molar-refractivity contribution in [3.63, 3.8) is 0 Å². The van der Waals surface area contributed by atoms with Crippen LogP contribution in [0.3, 0.4) is 0 Å². The molecule has 40 heavy (non-hydrogen) atoms. The molecule has 1 aromatic carbocycles. The fraction of sp³-hybridized carbons (Fsp3) is 0.760. The minimum Gasteiger partial charge on any atom is -0.377 e. The van der Waals surface area contributed by atoms with Gasteiger partial charge in [0.15, 0.2) is 6.29 Å². The van der Waals surface area contributed by atoms with Gasteiger partial charge in [0, 0.05) is 19.2 Å². The Balaban J connectivity index is 1.27. The molecule has 0 saturated carbocycles. The van der Waals surface area contributed by atoms with Gasteiger partial charge in [-0.25, -0.2) is 0 Å². The van der Waals surface area contributed by atoms with E-state index in [0.29, 0.717) is 85.8 Å². The predicted molar refractivity (Wildman–Crippen MR) is 143 cm³/mol. The summed E-state index contributed by atoms with van der Waals surface area (Å²) in [6, 6.07) is 3.44. The predicted octanol–water partition coefficient (Wildman–Crippen LogP) is 2.56. The van der Waals surface area contributed by atoms with E-state index < -0.39 is 9.85 Å². The van der Waals surface area contributed by atoms with Crippen molar-refractivity contribution in [3.05, 3.63) is 38.4 Å². The number of nitro benzene ring substituents is 2. The number of non-ortho nitro benzene ring substituents is 1. The van der Waals surface area contributed by atoms with Gasteiger partial charge in [-0.05, 0) is 25.3 Å². The van der Waals surface area contributed by atoms with Crippen molar-refractivity contribution in [1.82, 2.24) is 0 Å². The highest BCUT2D eigenvalue weighted by molar-refractivity contribution is 5.65. The summed E-state index contributed by atoms with van der Waals surface area (Å²) in [7, 11) is 0. The Kier molecular flexibility index (Phi) is 18.7. The maximum absolute atomic E-state index is 11.1. The smallest absolute Gasteiger partial charge is 0.299 e. The molecule has 1 atom stereocenters. The molecule has 1 aromatic rings. The highest BCUT2D eigenvalue weighted by atomic mass is 16.7. The van der Waals surface area contributed by atoms with Crippen LogP contribution >= 0.6 is 0 Å². The number of anilines is 1. The van der Waals surface area contributed by atoms with E-state index in [9.17, 15) is 20.2 Å². The highest BCUT2D eigenvalue weighted by Gasteiger charge is 2.19. The Hall–Kier alpha value is -2.50. The number of hydrogen-bond donors (Lipinski definition) is 1. The lowest BCUT2D eigenvalue weighted by Gasteiger charge is -2.22. The van der Waals surface area contributed by atoms with Crippen LogP contribution in [0.15, 0.2) is 18.2 Å². The second kappa shape index (κ2) is 22.2. The zero-order valence-electron chi connectivity index (χ0n) is 22.8. The van der Waals surface area contributed by atoms with E-state index in [1.54, 1.807) is 0 Å². The Morgan fingerprint density at radius 3 is 1.73 bits per heavy atom. The maximum Gasteiger partial charge on any atom is 0.299 e. The summed E-state index contributed by atoms with van der Waals surface area (Å²) in [6.07, 6.45) is 3.12. The number of hydrogen-bond acceptors (Lipinski definition) is 13. The van der Waals surface area contributed by atoms with Crippen LogP contribution in [-0.4, -0.2) is 115 Å². The summed E-state index contributed by atoms with van der Waals surface area (Å²) in [5.74, 6) is 0. The third-order valence-electron chi connectivity index (χ3n) is 5.48. The van der Waals surface area contributed by atoms with Gasteiger partial charge in [0.25, 0.3) is 11.4 Å². The van der Waals surface area contributed by atoms with Crippen molar-refractivity contribution in [2.45, 2.75) is 25.6 Å². The Labute approximate surface area is 233 Å². The normalized spacial score (nSPS) is 15.2. The van der Waals surface area contributed by atoms with Crippen LogP contribution in [0, 0.1) is 20.2 Å². The largest absolute Gasteiger partial charge is 0.377 e. The zero-order chi connectivity index (χ0) is 28.7. The molecule has 1 unspecified atom stereocenters.